The summed E-state index contributed by atoms with van der Waals surface area (Å²) in [5.74, 6) is 0. The van der Waals surface area contributed by atoms with E-state index >= 15 is 0 Å². The van der Waals surface area contributed by atoms with Crippen molar-refractivity contribution in [2.75, 3.05) is 13.1 Å². The predicted molar refractivity (Wildman–Crippen MR) is 154 cm³/mol. The lowest BCUT2D eigenvalue weighted by molar-refractivity contribution is -0.0349. The Morgan fingerprint density at radius 3 is 1.93 bits per heavy atom. The second kappa shape index (κ2) is 14.0. The van der Waals surface area contributed by atoms with E-state index in [1.165, 1.54) is 4.90 Å². The number of amides is 2. The highest BCUT2D eigenvalue weighted by Gasteiger charge is 2.46. The first-order chi connectivity index (χ1) is 18.9. The number of benzene rings is 2. The van der Waals surface area contributed by atoms with Crippen molar-refractivity contribution in [3.63, 3.8) is 0 Å². The van der Waals surface area contributed by atoms with Crippen LogP contribution in [0.4, 0.5) is 9.59 Å². The third-order valence-electron chi connectivity index (χ3n) is 7.45. The summed E-state index contributed by atoms with van der Waals surface area (Å²) < 4.78 is 5.40. The lowest BCUT2D eigenvalue weighted by Gasteiger charge is -2.51. The molecule has 220 valence electrons. The zero-order chi connectivity index (χ0) is 29.3. The largest absolute Gasteiger partial charge is 0.465 e. The number of alkyl carbamates (subject to hydrolysis) is 1. The molecule has 0 spiro atoms. The topological polar surface area (TPSA) is 131 Å². The van der Waals surface area contributed by atoms with Crippen LogP contribution in [0.25, 0.3) is 0 Å². The number of aliphatic hydroxyl groups excluding tert-OH is 2. The molecular formula is C31H45N3O6. The van der Waals surface area contributed by atoms with Crippen LogP contribution in [-0.2, 0) is 17.6 Å². The molecule has 1 saturated carbocycles. The van der Waals surface area contributed by atoms with Crippen molar-refractivity contribution in [3.8, 4) is 0 Å². The van der Waals surface area contributed by atoms with Crippen LogP contribution in [0.15, 0.2) is 60.7 Å². The minimum absolute atomic E-state index is 0.0684. The molecule has 0 radical (unpaired) electrons. The van der Waals surface area contributed by atoms with Gasteiger partial charge in [-0.3, -0.25) is 4.90 Å². The van der Waals surface area contributed by atoms with Crippen LogP contribution in [-0.4, -0.2) is 80.9 Å². The van der Waals surface area contributed by atoms with E-state index in [0.717, 1.165) is 30.4 Å². The number of nitrogens with one attached hydrogen (secondary N) is 2. The summed E-state index contributed by atoms with van der Waals surface area (Å²) >= 11 is 0. The van der Waals surface area contributed by atoms with Crippen molar-refractivity contribution >= 4 is 12.2 Å². The van der Waals surface area contributed by atoms with Gasteiger partial charge in [0.25, 0.3) is 0 Å². The molecule has 9 nitrogen and oxygen atoms in total. The summed E-state index contributed by atoms with van der Waals surface area (Å²) in [7, 11) is 0. The van der Waals surface area contributed by atoms with Gasteiger partial charge >= 0.3 is 12.2 Å². The Kier molecular flexibility index (Phi) is 11.0. The van der Waals surface area contributed by atoms with E-state index in [2.05, 4.69) is 10.6 Å². The zero-order valence-electron chi connectivity index (χ0n) is 24.0. The molecular weight excluding hydrogens is 510 g/mol. The Morgan fingerprint density at radius 2 is 1.45 bits per heavy atom. The number of carbonyl (C=O) groups is 2. The number of nitrogens with zero attached hydrogens (tertiary/aromatic N) is 1. The van der Waals surface area contributed by atoms with Gasteiger partial charge in [-0.15, -0.1) is 0 Å². The fraction of sp³-hybridized carbons (Fsp3) is 0.548. The maximum Gasteiger partial charge on any atom is 0.408 e. The highest BCUT2D eigenvalue weighted by molar-refractivity contribution is 5.68. The number of hydrogen-bond donors (Lipinski definition) is 5. The quantitative estimate of drug-likeness (QED) is 0.253. The molecule has 2 aromatic rings. The number of ether oxygens (including phenoxy) is 1. The summed E-state index contributed by atoms with van der Waals surface area (Å²) in [6.45, 7) is 7.39. The first-order valence-electron chi connectivity index (χ1n) is 14.0. The summed E-state index contributed by atoms with van der Waals surface area (Å²) in [4.78, 5) is 26.4. The van der Waals surface area contributed by atoms with E-state index in [1.807, 2.05) is 67.6 Å². The maximum atomic E-state index is 12.5. The molecule has 1 fully saturated rings. The number of carbonyl (C=O) groups excluding carboxylic acids is 1. The first kappa shape index (κ1) is 31.4. The van der Waals surface area contributed by atoms with Gasteiger partial charge in [-0.2, -0.15) is 0 Å². The third-order valence-corrected chi connectivity index (χ3v) is 7.45. The maximum absolute atomic E-state index is 12.5. The van der Waals surface area contributed by atoms with Crippen LogP contribution in [0.1, 0.15) is 58.1 Å². The molecule has 2 amide bonds. The van der Waals surface area contributed by atoms with Crippen molar-refractivity contribution in [2.45, 2.75) is 95.2 Å². The van der Waals surface area contributed by atoms with Gasteiger partial charge in [0, 0.05) is 18.6 Å². The van der Waals surface area contributed by atoms with Crippen molar-refractivity contribution in [1.82, 2.24) is 15.5 Å². The number of rotatable bonds is 13. The van der Waals surface area contributed by atoms with Gasteiger partial charge in [-0.1, -0.05) is 60.7 Å². The standard InChI is InChI=1S/C31H45N3O6/c1-30(2,3)40-28(37)33-24(18-22-12-7-5-8-13-22)26(35)20-32-21-27(36)25(19-23-14-9-6-10-15-23)34(29(38)39)31(4)16-11-17-31/h5-10,12-15,24-27,32,35-36H,11,16-21H2,1-4H3,(H,33,37)(H,38,39)/t24-,25-,26+,27+/m0/s1. The van der Waals surface area contributed by atoms with E-state index in [4.69, 9.17) is 4.74 Å². The SMILES string of the molecule is CC(C)(C)OC(=O)N[C@@H](Cc1ccccc1)[C@H](O)CNC[C@@H](O)[C@H](Cc1ccccc1)N(C(=O)O)C1(C)CCC1. The van der Waals surface area contributed by atoms with Crippen LogP contribution >= 0.6 is 0 Å². The molecule has 1 aliphatic carbocycles. The second-order valence-corrected chi connectivity index (χ2v) is 12.0. The highest BCUT2D eigenvalue weighted by Crippen LogP contribution is 2.39. The third kappa shape index (κ3) is 9.21. The van der Waals surface area contributed by atoms with Crippen molar-refractivity contribution in [3.05, 3.63) is 71.8 Å². The van der Waals surface area contributed by atoms with Gasteiger partial charge in [0.15, 0.2) is 0 Å². The molecule has 3 rings (SSSR count). The molecule has 5 N–H and O–H groups in total. The lowest BCUT2D eigenvalue weighted by atomic mass is 9.75. The first-order valence-corrected chi connectivity index (χ1v) is 14.0. The molecule has 0 bridgehead atoms. The molecule has 1 aliphatic rings. The van der Waals surface area contributed by atoms with Gasteiger partial charge in [-0.25, -0.2) is 9.59 Å². The fourth-order valence-electron chi connectivity index (χ4n) is 5.23. The molecule has 9 heteroatoms. The zero-order valence-corrected chi connectivity index (χ0v) is 24.0. The van der Waals surface area contributed by atoms with Gasteiger partial charge in [-0.05, 0) is 70.9 Å². The molecule has 2 aromatic carbocycles. The molecule has 0 aromatic heterocycles. The van der Waals surface area contributed by atoms with Crippen molar-refractivity contribution in [2.24, 2.45) is 0 Å². The monoisotopic (exact) mass is 555 g/mol. The van der Waals surface area contributed by atoms with Crippen LogP contribution in [0.3, 0.4) is 0 Å². The Labute approximate surface area is 237 Å². The van der Waals surface area contributed by atoms with Crippen molar-refractivity contribution in [1.29, 1.82) is 0 Å². The Bertz CT molecular complexity index is 1070. The number of carboxylic acid groups (broad SMARTS) is 1. The summed E-state index contributed by atoms with van der Waals surface area (Å²) in [5.41, 5.74) is 0.668. The smallest absolute Gasteiger partial charge is 0.408 e. The Hall–Kier alpha value is -3.14. The van der Waals surface area contributed by atoms with E-state index in [0.29, 0.717) is 12.8 Å². The Morgan fingerprint density at radius 1 is 0.925 bits per heavy atom. The van der Waals surface area contributed by atoms with Crippen molar-refractivity contribution < 1.29 is 29.6 Å². The van der Waals surface area contributed by atoms with Gasteiger partial charge in [0.05, 0.1) is 24.3 Å². The minimum Gasteiger partial charge on any atom is -0.465 e. The van der Waals surface area contributed by atoms with E-state index in [9.17, 15) is 24.9 Å². The fourth-order valence-corrected chi connectivity index (χ4v) is 5.23. The minimum atomic E-state index is -1.05. The number of aliphatic hydroxyl groups is 2. The molecule has 0 aliphatic heterocycles. The van der Waals surface area contributed by atoms with Crippen LogP contribution < -0.4 is 10.6 Å². The molecule has 4 atom stereocenters. The lowest BCUT2D eigenvalue weighted by Crippen LogP contribution is -2.62. The molecule has 40 heavy (non-hydrogen) atoms. The van der Waals surface area contributed by atoms with E-state index in [1.54, 1.807) is 20.8 Å². The van der Waals surface area contributed by atoms with E-state index in [-0.39, 0.29) is 13.1 Å². The average Bonchev–Trinajstić information content (AvgIpc) is 2.86. The van der Waals surface area contributed by atoms with Crippen LogP contribution in [0.5, 0.6) is 0 Å². The second-order valence-electron chi connectivity index (χ2n) is 12.0. The Balaban J connectivity index is 1.68. The normalized spacial score (nSPS) is 17.6. The summed E-state index contributed by atoms with van der Waals surface area (Å²) in [6.07, 6.45) is -0.487. The molecule has 0 saturated heterocycles. The number of hydrogen-bond acceptors (Lipinski definition) is 6. The predicted octanol–water partition coefficient (Wildman–Crippen LogP) is 3.97. The van der Waals surface area contributed by atoms with Crippen LogP contribution in [0, 0.1) is 0 Å². The highest BCUT2D eigenvalue weighted by atomic mass is 16.6. The summed E-state index contributed by atoms with van der Waals surface area (Å²) in [6, 6.07) is 17.8. The molecule has 0 heterocycles. The summed E-state index contributed by atoms with van der Waals surface area (Å²) in [5, 5.41) is 38.4. The van der Waals surface area contributed by atoms with E-state index < -0.39 is 47.6 Å². The van der Waals surface area contributed by atoms with Gasteiger partial charge < -0.3 is 30.7 Å². The average molecular weight is 556 g/mol. The van der Waals surface area contributed by atoms with Crippen LogP contribution in [0.2, 0.25) is 0 Å². The van der Waals surface area contributed by atoms with Gasteiger partial charge in [0.1, 0.15) is 5.60 Å². The molecule has 0 unspecified atom stereocenters. The van der Waals surface area contributed by atoms with Gasteiger partial charge in [0.2, 0.25) is 0 Å².